The number of carbonyl (C=O) groups is 1. The number of carbonyl (C=O) groups excluding carboxylic acids is 1. The highest BCUT2D eigenvalue weighted by molar-refractivity contribution is 6.00. The summed E-state index contributed by atoms with van der Waals surface area (Å²) in [5, 5.41) is 10.4. The van der Waals surface area contributed by atoms with E-state index in [9.17, 15) is 14.7 Å². The van der Waals surface area contributed by atoms with E-state index < -0.39 is 22.8 Å². The van der Waals surface area contributed by atoms with Crippen LogP contribution >= 0.6 is 0 Å². The topological polar surface area (TPSA) is 98.2 Å². The van der Waals surface area contributed by atoms with E-state index in [-0.39, 0.29) is 6.54 Å². The Morgan fingerprint density at radius 1 is 1.18 bits per heavy atom. The van der Waals surface area contributed by atoms with Crippen LogP contribution in [-0.4, -0.2) is 20.6 Å². The summed E-state index contributed by atoms with van der Waals surface area (Å²) in [5.41, 5.74) is 5.34. The van der Waals surface area contributed by atoms with E-state index >= 15 is 0 Å². The Morgan fingerprint density at radius 3 is 2.59 bits per heavy atom. The zero-order valence-corrected chi connectivity index (χ0v) is 11.6. The van der Waals surface area contributed by atoms with Crippen LogP contribution in [0.1, 0.15) is 15.9 Å². The summed E-state index contributed by atoms with van der Waals surface area (Å²) in [5.74, 6) is -1.39. The summed E-state index contributed by atoms with van der Waals surface area (Å²) in [6.07, 6.45) is 1.52. The van der Waals surface area contributed by atoms with Gasteiger partial charge < -0.3 is 10.8 Å². The molecule has 2 aromatic heterocycles. The molecule has 0 spiro atoms. The smallest absolute Gasteiger partial charge is 0.269 e. The molecule has 0 aliphatic carbocycles. The number of primary amides is 1. The fourth-order valence-electron chi connectivity index (χ4n) is 2.40. The molecule has 0 saturated heterocycles. The third kappa shape index (κ3) is 2.20. The Morgan fingerprint density at radius 2 is 1.91 bits per heavy atom. The normalized spacial score (nSPS) is 10.7. The van der Waals surface area contributed by atoms with Crippen LogP contribution in [0.15, 0.2) is 53.5 Å². The first-order valence-electron chi connectivity index (χ1n) is 6.64. The van der Waals surface area contributed by atoms with Gasteiger partial charge in [0.1, 0.15) is 17.0 Å². The lowest BCUT2D eigenvalue weighted by atomic mass is 10.1. The van der Waals surface area contributed by atoms with Crippen LogP contribution in [0.4, 0.5) is 0 Å². The predicted octanol–water partition coefficient (Wildman–Crippen LogP) is 1.25. The van der Waals surface area contributed by atoms with Crippen LogP contribution in [0.5, 0.6) is 5.75 Å². The third-order valence-corrected chi connectivity index (χ3v) is 3.42. The molecule has 0 aliphatic rings. The van der Waals surface area contributed by atoms with Crippen LogP contribution < -0.4 is 11.3 Å². The largest absolute Gasteiger partial charge is 0.506 e. The van der Waals surface area contributed by atoms with Crippen LogP contribution in [-0.2, 0) is 6.54 Å². The summed E-state index contributed by atoms with van der Waals surface area (Å²) in [6.45, 7) is 0.230. The van der Waals surface area contributed by atoms with Crippen molar-refractivity contribution in [3.8, 4) is 5.75 Å². The molecule has 0 bridgehead atoms. The van der Waals surface area contributed by atoms with E-state index in [2.05, 4.69) is 4.98 Å². The molecule has 0 atom stereocenters. The van der Waals surface area contributed by atoms with E-state index in [4.69, 9.17) is 5.73 Å². The number of nitrogens with two attached hydrogens (primary N) is 1. The van der Waals surface area contributed by atoms with Crippen LogP contribution in [0, 0.1) is 0 Å². The fraction of sp³-hybridized carbons (Fsp3) is 0.0625. The summed E-state index contributed by atoms with van der Waals surface area (Å²) in [6, 6.07) is 12.5. The number of nitrogens with zero attached hydrogens (tertiary/aromatic N) is 2. The zero-order valence-electron chi connectivity index (χ0n) is 11.6. The van der Waals surface area contributed by atoms with Crippen molar-refractivity contribution in [3.63, 3.8) is 0 Å². The Labute approximate surface area is 125 Å². The number of rotatable bonds is 3. The Bertz CT molecular complexity index is 917. The summed E-state index contributed by atoms with van der Waals surface area (Å²) < 4.78 is 1.34. The molecule has 3 N–H and O–H groups in total. The van der Waals surface area contributed by atoms with Gasteiger partial charge >= 0.3 is 0 Å². The second-order valence-electron chi connectivity index (χ2n) is 4.84. The molecule has 3 rings (SSSR count). The maximum Gasteiger partial charge on any atom is 0.269 e. The molecule has 0 fully saturated rings. The summed E-state index contributed by atoms with van der Waals surface area (Å²) >= 11 is 0. The molecule has 0 aliphatic heterocycles. The van der Waals surface area contributed by atoms with Crippen LogP contribution in [0.3, 0.4) is 0 Å². The standard InChI is InChI=1S/C16H13N3O3/c17-14(21)12-13(20)11-7-4-8-18-15(11)19(16(12)22)9-10-5-2-1-3-6-10/h1-8,20H,9H2,(H2,17,21). The van der Waals surface area contributed by atoms with E-state index in [1.54, 1.807) is 12.1 Å². The number of aromatic hydroxyl groups is 1. The number of amides is 1. The van der Waals surface area contributed by atoms with Gasteiger partial charge in [0.2, 0.25) is 0 Å². The maximum absolute atomic E-state index is 12.5. The fourth-order valence-corrected chi connectivity index (χ4v) is 2.40. The summed E-state index contributed by atoms with van der Waals surface area (Å²) in [4.78, 5) is 28.2. The molecular weight excluding hydrogens is 282 g/mol. The van der Waals surface area contributed by atoms with Crippen molar-refractivity contribution < 1.29 is 9.90 Å². The molecule has 6 heteroatoms. The Hall–Kier alpha value is -3.15. The average molecular weight is 295 g/mol. The van der Waals surface area contributed by atoms with Crippen molar-refractivity contribution in [2.45, 2.75) is 6.54 Å². The van der Waals surface area contributed by atoms with Crippen molar-refractivity contribution in [1.82, 2.24) is 9.55 Å². The molecule has 0 saturated carbocycles. The van der Waals surface area contributed by atoms with Gasteiger partial charge in [0, 0.05) is 6.20 Å². The van der Waals surface area contributed by atoms with Gasteiger partial charge in [0.05, 0.1) is 11.9 Å². The minimum atomic E-state index is -0.963. The lowest BCUT2D eigenvalue weighted by molar-refractivity contribution is 0.0996. The molecule has 1 amide bonds. The molecule has 22 heavy (non-hydrogen) atoms. The van der Waals surface area contributed by atoms with E-state index in [1.165, 1.54) is 10.8 Å². The van der Waals surface area contributed by atoms with Gasteiger partial charge in [-0.25, -0.2) is 4.98 Å². The first kappa shape index (κ1) is 13.8. The highest BCUT2D eigenvalue weighted by atomic mass is 16.3. The lowest BCUT2D eigenvalue weighted by Gasteiger charge is -2.12. The molecule has 1 aromatic carbocycles. The van der Waals surface area contributed by atoms with Gasteiger partial charge in [-0.15, -0.1) is 0 Å². The lowest BCUT2D eigenvalue weighted by Crippen LogP contribution is -2.30. The predicted molar refractivity (Wildman–Crippen MR) is 81.7 cm³/mol. The molecular formula is C16H13N3O3. The Kier molecular flexibility index (Phi) is 3.34. The van der Waals surface area contributed by atoms with Crippen molar-refractivity contribution in [1.29, 1.82) is 0 Å². The number of hydrogen-bond acceptors (Lipinski definition) is 4. The maximum atomic E-state index is 12.5. The molecule has 0 unspecified atom stereocenters. The van der Waals surface area contributed by atoms with Crippen molar-refractivity contribution >= 4 is 16.9 Å². The number of fused-ring (bicyclic) bond motifs is 1. The second-order valence-corrected chi connectivity index (χ2v) is 4.84. The SMILES string of the molecule is NC(=O)c1c(O)c2cccnc2n(Cc2ccccc2)c1=O. The molecule has 6 nitrogen and oxygen atoms in total. The van der Waals surface area contributed by atoms with Gasteiger partial charge in [0.15, 0.2) is 0 Å². The van der Waals surface area contributed by atoms with Gasteiger partial charge in [-0.1, -0.05) is 30.3 Å². The molecule has 3 aromatic rings. The van der Waals surface area contributed by atoms with Gasteiger partial charge in [0.25, 0.3) is 11.5 Å². The number of aromatic nitrogens is 2. The van der Waals surface area contributed by atoms with E-state index in [0.717, 1.165) is 5.56 Å². The zero-order chi connectivity index (χ0) is 15.7. The van der Waals surface area contributed by atoms with Gasteiger partial charge in [-0.3, -0.25) is 14.2 Å². The first-order chi connectivity index (χ1) is 10.6. The van der Waals surface area contributed by atoms with Gasteiger partial charge in [-0.2, -0.15) is 0 Å². The minimum Gasteiger partial charge on any atom is -0.506 e. The molecule has 0 radical (unpaired) electrons. The second kappa shape index (κ2) is 5.33. The number of hydrogen-bond donors (Lipinski definition) is 2. The highest BCUT2D eigenvalue weighted by Gasteiger charge is 2.20. The van der Waals surface area contributed by atoms with Crippen molar-refractivity contribution in [2.24, 2.45) is 5.73 Å². The van der Waals surface area contributed by atoms with E-state index in [0.29, 0.717) is 11.0 Å². The number of benzene rings is 1. The van der Waals surface area contributed by atoms with Crippen molar-refractivity contribution in [3.05, 3.63) is 70.1 Å². The third-order valence-electron chi connectivity index (χ3n) is 3.42. The highest BCUT2D eigenvalue weighted by Crippen LogP contribution is 2.24. The van der Waals surface area contributed by atoms with E-state index in [1.807, 2.05) is 30.3 Å². The van der Waals surface area contributed by atoms with Crippen LogP contribution in [0.2, 0.25) is 0 Å². The number of pyridine rings is 2. The molecule has 110 valence electrons. The molecule has 2 heterocycles. The average Bonchev–Trinajstić information content (AvgIpc) is 2.52. The van der Waals surface area contributed by atoms with Gasteiger partial charge in [-0.05, 0) is 17.7 Å². The first-order valence-corrected chi connectivity index (χ1v) is 6.64. The quantitative estimate of drug-likeness (QED) is 0.759. The Balaban J connectivity index is 2.33. The van der Waals surface area contributed by atoms with Crippen molar-refractivity contribution in [2.75, 3.05) is 0 Å². The van der Waals surface area contributed by atoms with Crippen LogP contribution in [0.25, 0.3) is 11.0 Å². The minimum absolute atomic E-state index is 0.230. The monoisotopic (exact) mass is 295 g/mol. The summed E-state index contributed by atoms with van der Waals surface area (Å²) in [7, 11) is 0.